The highest BCUT2D eigenvalue weighted by atomic mass is 16.4. The maximum atomic E-state index is 11.2. The Morgan fingerprint density at radius 2 is 1.84 bits per heavy atom. The minimum atomic E-state index is -1.08. The Bertz CT molecular complexity index is 606. The number of carboxylic acids is 1. The van der Waals surface area contributed by atoms with E-state index in [0.717, 1.165) is 16.7 Å². The zero-order valence-corrected chi connectivity index (χ0v) is 11.5. The van der Waals surface area contributed by atoms with Crippen molar-refractivity contribution in [3.05, 3.63) is 40.8 Å². The van der Waals surface area contributed by atoms with Gasteiger partial charge in [-0.1, -0.05) is 32.0 Å². The van der Waals surface area contributed by atoms with Crippen LogP contribution in [0.2, 0.25) is 0 Å². The first-order chi connectivity index (χ1) is 8.91. The first-order valence-corrected chi connectivity index (χ1v) is 6.22. The van der Waals surface area contributed by atoms with E-state index in [1.807, 2.05) is 45.9 Å². The zero-order valence-electron chi connectivity index (χ0n) is 11.5. The SMILES string of the molecule is Cc1cccc(C)c1-c1nc(C(C)C)c(C(=O)O)o1. The second-order valence-electron chi connectivity index (χ2n) is 4.96. The third-order valence-corrected chi connectivity index (χ3v) is 3.09. The van der Waals surface area contributed by atoms with Gasteiger partial charge < -0.3 is 9.52 Å². The van der Waals surface area contributed by atoms with Crippen LogP contribution in [-0.4, -0.2) is 16.1 Å². The smallest absolute Gasteiger partial charge is 0.373 e. The Morgan fingerprint density at radius 3 is 2.26 bits per heavy atom. The summed E-state index contributed by atoms with van der Waals surface area (Å²) in [5, 5.41) is 9.18. The van der Waals surface area contributed by atoms with Crippen LogP contribution in [0.25, 0.3) is 11.5 Å². The molecule has 0 bridgehead atoms. The average Bonchev–Trinajstić information content (AvgIpc) is 2.73. The standard InChI is InChI=1S/C15H17NO3/c1-8(2)12-13(15(17)18)19-14(16-12)11-9(3)6-5-7-10(11)4/h5-8H,1-4H3,(H,17,18). The van der Waals surface area contributed by atoms with Crippen molar-refractivity contribution in [2.45, 2.75) is 33.6 Å². The van der Waals surface area contributed by atoms with E-state index in [-0.39, 0.29) is 11.7 Å². The summed E-state index contributed by atoms with van der Waals surface area (Å²) >= 11 is 0. The molecule has 0 saturated heterocycles. The molecule has 0 spiro atoms. The minimum Gasteiger partial charge on any atom is -0.475 e. The molecule has 0 aliphatic rings. The Morgan fingerprint density at radius 1 is 1.26 bits per heavy atom. The van der Waals surface area contributed by atoms with Gasteiger partial charge in [-0.15, -0.1) is 0 Å². The van der Waals surface area contributed by atoms with Crippen LogP contribution >= 0.6 is 0 Å². The number of carboxylic acid groups (broad SMARTS) is 1. The summed E-state index contributed by atoms with van der Waals surface area (Å²) in [4.78, 5) is 15.6. The number of oxazole rings is 1. The van der Waals surface area contributed by atoms with Gasteiger partial charge in [0, 0.05) is 5.56 Å². The molecule has 1 aromatic carbocycles. The molecule has 0 saturated carbocycles. The first kappa shape index (κ1) is 13.3. The van der Waals surface area contributed by atoms with E-state index in [0.29, 0.717) is 11.6 Å². The molecule has 4 heteroatoms. The molecule has 0 radical (unpaired) electrons. The number of aryl methyl sites for hydroxylation is 2. The molecular formula is C15H17NO3. The molecule has 100 valence electrons. The lowest BCUT2D eigenvalue weighted by Gasteiger charge is -2.04. The number of aromatic nitrogens is 1. The molecule has 0 unspecified atom stereocenters. The van der Waals surface area contributed by atoms with Gasteiger partial charge in [0.1, 0.15) is 0 Å². The van der Waals surface area contributed by atoms with Gasteiger partial charge in [-0.25, -0.2) is 9.78 Å². The molecule has 0 aliphatic carbocycles. The molecule has 1 N–H and O–H groups in total. The lowest BCUT2D eigenvalue weighted by Crippen LogP contribution is -2.01. The number of aromatic carboxylic acids is 1. The molecule has 0 fully saturated rings. The molecule has 2 aromatic rings. The summed E-state index contributed by atoms with van der Waals surface area (Å²) in [6.45, 7) is 7.72. The monoisotopic (exact) mass is 259 g/mol. The fourth-order valence-electron chi connectivity index (χ4n) is 2.14. The van der Waals surface area contributed by atoms with Crippen molar-refractivity contribution in [3.8, 4) is 11.5 Å². The van der Waals surface area contributed by atoms with E-state index in [2.05, 4.69) is 4.98 Å². The van der Waals surface area contributed by atoms with Gasteiger partial charge in [0.2, 0.25) is 11.7 Å². The number of nitrogens with zero attached hydrogens (tertiary/aromatic N) is 1. The number of rotatable bonds is 3. The molecule has 0 aliphatic heterocycles. The summed E-state index contributed by atoms with van der Waals surface area (Å²) in [6, 6.07) is 5.88. The average molecular weight is 259 g/mol. The minimum absolute atomic E-state index is 0.00734. The predicted molar refractivity (Wildman–Crippen MR) is 72.5 cm³/mol. The quantitative estimate of drug-likeness (QED) is 0.911. The summed E-state index contributed by atoms with van der Waals surface area (Å²) in [5.74, 6) is -0.744. The Balaban J connectivity index is 2.64. The van der Waals surface area contributed by atoms with E-state index >= 15 is 0 Å². The molecule has 19 heavy (non-hydrogen) atoms. The predicted octanol–water partition coefficient (Wildman–Crippen LogP) is 3.78. The van der Waals surface area contributed by atoms with Gasteiger partial charge in [0.15, 0.2) is 0 Å². The fourth-order valence-corrected chi connectivity index (χ4v) is 2.14. The Hall–Kier alpha value is -2.10. The van der Waals surface area contributed by atoms with Crippen molar-refractivity contribution in [1.82, 2.24) is 4.98 Å². The van der Waals surface area contributed by atoms with Crippen LogP contribution < -0.4 is 0 Å². The molecule has 1 heterocycles. The van der Waals surface area contributed by atoms with Gasteiger partial charge in [-0.05, 0) is 30.9 Å². The van der Waals surface area contributed by atoms with Crippen LogP contribution in [0, 0.1) is 13.8 Å². The van der Waals surface area contributed by atoms with Crippen molar-refractivity contribution >= 4 is 5.97 Å². The van der Waals surface area contributed by atoms with Crippen molar-refractivity contribution in [3.63, 3.8) is 0 Å². The zero-order chi connectivity index (χ0) is 14.2. The van der Waals surface area contributed by atoms with Crippen LogP contribution in [0.3, 0.4) is 0 Å². The van der Waals surface area contributed by atoms with Crippen LogP contribution in [0.4, 0.5) is 0 Å². The third kappa shape index (κ3) is 2.38. The van der Waals surface area contributed by atoms with Gasteiger partial charge >= 0.3 is 5.97 Å². The van der Waals surface area contributed by atoms with Crippen LogP contribution in [0.1, 0.15) is 47.1 Å². The Kier molecular flexibility index (Phi) is 3.42. The van der Waals surface area contributed by atoms with Gasteiger partial charge in [-0.2, -0.15) is 0 Å². The molecular weight excluding hydrogens is 242 g/mol. The van der Waals surface area contributed by atoms with Crippen LogP contribution in [-0.2, 0) is 0 Å². The summed E-state index contributed by atoms with van der Waals surface area (Å²) < 4.78 is 5.47. The second-order valence-corrected chi connectivity index (χ2v) is 4.96. The van der Waals surface area contributed by atoms with Crippen molar-refractivity contribution in [1.29, 1.82) is 0 Å². The molecule has 0 atom stereocenters. The number of benzene rings is 1. The second kappa shape index (κ2) is 4.88. The molecule has 4 nitrogen and oxygen atoms in total. The number of hydrogen-bond acceptors (Lipinski definition) is 3. The van der Waals surface area contributed by atoms with Crippen molar-refractivity contribution in [2.75, 3.05) is 0 Å². The first-order valence-electron chi connectivity index (χ1n) is 6.22. The Labute approximate surface area is 112 Å². The maximum Gasteiger partial charge on any atom is 0.373 e. The molecule has 1 aromatic heterocycles. The summed E-state index contributed by atoms with van der Waals surface area (Å²) in [7, 11) is 0. The highest BCUT2D eigenvalue weighted by Crippen LogP contribution is 2.30. The topological polar surface area (TPSA) is 63.3 Å². The van der Waals surface area contributed by atoms with Crippen LogP contribution in [0.15, 0.2) is 22.6 Å². The van der Waals surface area contributed by atoms with E-state index in [4.69, 9.17) is 4.42 Å². The largest absolute Gasteiger partial charge is 0.475 e. The maximum absolute atomic E-state index is 11.2. The van der Waals surface area contributed by atoms with E-state index < -0.39 is 5.97 Å². The fraction of sp³-hybridized carbons (Fsp3) is 0.333. The van der Waals surface area contributed by atoms with Gasteiger partial charge in [-0.3, -0.25) is 0 Å². The van der Waals surface area contributed by atoms with Crippen molar-refractivity contribution in [2.24, 2.45) is 0 Å². The van der Waals surface area contributed by atoms with Gasteiger partial charge in [0.25, 0.3) is 0 Å². The van der Waals surface area contributed by atoms with E-state index in [1.165, 1.54) is 0 Å². The van der Waals surface area contributed by atoms with Gasteiger partial charge in [0.05, 0.1) is 5.69 Å². The normalized spacial score (nSPS) is 11.0. The van der Waals surface area contributed by atoms with E-state index in [9.17, 15) is 9.90 Å². The summed E-state index contributed by atoms with van der Waals surface area (Å²) in [6.07, 6.45) is 0. The van der Waals surface area contributed by atoms with E-state index in [1.54, 1.807) is 0 Å². The lowest BCUT2D eigenvalue weighted by atomic mass is 10.0. The number of hydrogen-bond donors (Lipinski definition) is 1. The molecule has 2 rings (SSSR count). The molecule has 0 amide bonds. The van der Waals surface area contributed by atoms with Crippen LogP contribution in [0.5, 0.6) is 0 Å². The summed E-state index contributed by atoms with van der Waals surface area (Å²) in [5.41, 5.74) is 3.41. The lowest BCUT2D eigenvalue weighted by molar-refractivity contribution is 0.0661. The van der Waals surface area contributed by atoms with Crippen molar-refractivity contribution < 1.29 is 14.3 Å². The number of carbonyl (C=O) groups is 1. The highest BCUT2D eigenvalue weighted by Gasteiger charge is 2.23. The highest BCUT2D eigenvalue weighted by molar-refractivity contribution is 5.86. The third-order valence-electron chi connectivity index (χ3n) is 3.09.